The van der Waals surface area contributed by atoms with Crippen LogP contribution in [-0.4, -0.2) is 11.5 Å². The third kappa shape index (κ3) is 3.72. The van der Waals surface area contributed by atoms with E-state index in [-0.39, 0.29) is 11.7 Å². The second kappa shape index (κ2) is 7.08. The molecule has 6 heteroatoms. The predicted octanol–water partition coefficient (Wildman–Crippen LogP) is 4.62. The van der Waals surface area contributed by atoms with Crippen LogP contribution in [0.2, 0.25) is 0 Å². The number of hydrogen-bond donors (Lipinski definition) is 1. The molecule has 1 unspecified atom stereocenters. The first-order valence-corrected chi connectivity index (χ1v) is 7.74. The number of rotatable bonds is 7. The summed E-state index contributed by atoms with van der Waals surface area (Å²) in [5.41, 5.74) is 0.816. The number of anilines is 1. The summed E-state index contributed by atoms with van der Waals surface area (Å²) in [6.07, 6.45) is 0.932. The number of nitro groups is 1. The number of benzene rings is 1. The van der Waals surface area contributed by atoms with Crippen molar-refractivity contribution in [2.45, 2.75) is 26.3 Å². The molecule has 0 saturated heterocycles. The van der Waals surface area contributed by atoms with Gasteiger partial charge in [-0.1, -0.05) is 13.0 Å². The summed E-state index contributed by atoms with van der Waals surface area (Å²) in [5, 5.41) is 16.4. The van der Waals surface area contributed by atoms with E-state index in [2.05, 4.69) is 18.3 Å². The second-order valence-electron chi connectivity index (χ2n) is 4.49. The van der Waals surface area contributed by atoms with E-state index in [1.165, 1.54) is 10.9 Å². The Balaban J connectivity index is 2.23. The Morgan fingerprint density at radius 3 is 2.76 bits per heavy atom. The van der Waals surface area contributed by atoms with Crippen molar-refractivity contribution in [1.29, 1.82) is 0 Å². The normalized spacial score (nSPS) is 11.9. The van der Waals surface area contributed by atoms with Crippen molar-refractivity contribution in [1.82, 2.24) is 0 Å². The number of nitro benzene ring substituents is 1. The minimum atomic E-state index is -0.425. The first-order valence-electron chi connectivity index (χ1n) is 6.86. The van der Waals surface area contributed by atoms with E-state index >= 15 is 0 Å². The molecule has 0 bridgehead atoms. The molecule has 0 aliphatic rings. The predicted molar refractivity (Wildman–Crippen MR) is 85.2 cm³/mol. The zero-order valence-electron chi connectivity index (χ0n) is 12.0. The van der Waals surface area contributed by atoms with Crippen molar-refractivity contribution in [2.75, 3.05) is 11.9 Å². The van der Waals surface area contributed by atoms with Crippen LogP contribution < -0.4 is 10.1 Å². The molecule has 0 spiro atoms. The largest absolute Gasteiger partial charge is 0.487 e. The van der Waals surface area contributed by atoms with E-state index < -0.39 is 4.92 Å². The summed E-state index contributed by atoms with van der Waals surface area (Å²) in [6, 6.07) is 9.19. The molecule has 0 saturated carbocycles. The smallest absolute Gasteiger partial charge is 0.311 e. The Morgan fingerprint density at radius 2 is 2.19 bits per heavy atom. The van der Waals surface area contributed by atoms with Crippen LogP contribution in [0.5, 0.6) is 5.75 Å². The fraction of sp³-hybridized carbons (Fsp3) is 0.333. The Labute approximate surface area is 127 Å². The maximum atomic E-state index is 11.0. The molecule has 112 valence electrons. The Morgan fingerprint density at radius 1 is 1.38 bits per heavy atom. The molecule has 1 N–H and O–H groups in total. The molecule has 0 aliphatic carbocycles. The molecule has 1 heterocycles. The lowest BCUT2D eigenvalue weighted by Crippen LogP contribution is -2.08. The maximum Gasteiger partial charge on any atom is 0.311 e. The Kier molecular flexibility index (Phi) is 5.16. The molecule has 1 aromatic carbocycles. The van der Waals surface area contributed by atoms with Crippen molar-refractivity contribution in [2.24, 2.45) is 0 Å². The minimum Gasteiger partial charge on any atom is -0.487 e. The van der Waals surface area contributed by atoms with Crippen molar-refractivity contribution >= 4 is 22.7 Å². The Hall–Kier alpha value is -2.08. The van der Waals surface area contributed by atoms with Crippen LogP contribution in [0.1, 0.15) is 31.2 Å². The SMILES string of the molecule is CCOc1cc(NC(CC)c2cccs2)ccc1[N+](=O)[O-]. The molecule has 2 aromatic rings. The zero-order chi connectivity index (χ0) is 15.2. The third-order valence-electron chi connectivity index (χ3n) is 3.09. The van der Waals surface area contributed by atoms with Gasteiger partial charge in [0, 0.05) is 22.7 Å². The van der Waals surface area contributed by atoms with Crippen LogP contribution >= 0.6 is 11.3 Å². The van der Waals surface area contributed by atoms with Crippen LogP contribution in [0.25, 0.3) is 0 Å². The van der Waals surface area contributed by atoms with E-state index in [1.54, 1.807) is 23.5 Å². The Bertz CT molecular complexity index is 599. The summed E-state index contributed by atoms with van der Waals surface area (Å²) in [5.74, 6) is 0.300. The van der Waals surface area contributed by atoms with Gasteiger partial charge in [0.05, 0.1) is 17.6 Å². The molecule has 1 atom stereocenters. The van der Waals surface area contributed by atoms with Crippen molar-refractivity contribution in [3.05, 3.63) is 50.7 Å². The molecule has 1 aromatic heterocycles. The fourth-order valence-electron chi connectivity index (χ4n) is 2.09. The van der Waals surface area contributed by atoms with Gasteiger partial charge in [0.2, 0.25) is 0 Å². The topological polar surface area (TPSA) is 64.4 Å². The fourth-order valence-corrected chi connectivity index (χ4v) is 2.95. The minimum absolute atomic E-state index is 0.00780. The van der Waals surface area contributed by atoms with Gasteiger partial charge in [-0.15, -0.1) is 11.3 Å². The van der Waals surface area contributed by atoms with Gasteiger partial charge in [0.15, 0.2) is 5.75 Å². The highest BCUT2D eigenvalue weighted by Crippen LogP contribution is 2.33. The summed E-state index contributed by atoms with van der Waals surface area (Å²) < 4.78 is 5.37. The number of nitrogens with one attached hydrogen (secondary N) is 1. The van der Waals surface area contributed by atoms with Gasteiger partial charge in [-0.2, -0.15) is 0 Å². The quantitative estimate of drug-likeness (QED) is 0.599. The number of thiophene rings is 1. The van der Waals surface area contributed by atoms with E-state index in [0.29, 0.717) is 12.4 Å². The van der Waals surface area contributed by atoms with Gasteiger partial charge in [0.25, 0.3) is 0 Å². The maximum absolute atomic E-state index is 11.0. The number of hydrogen-bond acceptors (Lipinski definition) is 5. The third-order valence-corrected chi connectivity index (χ3v) is 4.08. The highest BCUT2D eigenvalue weighted by molar-refractivity contribution is 7.10. The van der Waals surface area contributed by atoms with E-state index in [0.717, 1.165) is 12.1 Å². The van der Waals surface area contributed by atoms with E-state index in [1.807, 2.05) is 18.4 Å². The highest BCUT2D eigenvalue weighted by atomic mass is 32.1. The molecular formula is C15H18N2O3S. The van der Waals surface area contributed by atoms with E-state index in [9.17, 15) is 10.1 Å². The van der Waals surface area contributed by atoms with Crippen LogP contribution in [0, 0.1) is 10.1 Å². The van der Waals surface area contributed by atoms with Gasteiger partial charge >= 0.3 is 5.69 Å². The molecule has 2 rings (SSSR count). The second-order valence-corrected chi connectivity index (χ2v) is 5.47. The van der Waals surface area contributed by atoms with Crippen molar-refractivity contribution in [3.8, 4) is 5.75 Å². The van der Waals surface area contributed by atoms with Crippen molar-refractivity contribution < 1.29 is 9.66 Å². The number of ether oxygens (including phenoxy) is 1. The van der Waals surface area contributed by atoms with Gasteiger partial charge in [-0.05, 0) is 30.9 Å². The zero-order valence-corrected chi connectivity index (χ0v) is 12.9. The standard InChI is InChI=1S/C15H18N2O3S/c1-3-12(15-6-5-9-21-15)16-11-7-8-13(17(18)19)14(10-11)20-4-2/h5-10,12,16H,3-4H2,1-2H3. The van der Waals surface area contributed by atoms with Gasteiger partial charge in [0.1, 0.15) is 0 Å². The van der Waals surface area contributed by atoms with Crippen molar-refractivity contribution in [3.63, 3.8) is 0 Å². The van der Waals surface area contributed by atoms with Crippen LogP contribution in [0.15, 0.2) is 35.7 Å². The van der Waals surface area contributed by atoms with Gasteiger partial charge in [-0.25, -0.2) is 0 Å². The van der Waals surface area contributed by atoms with Crippen LogP contribution in [0.3, 0.4) is 0 Å². The van der Waals surface area contributed by atoms with Gasteiger partial charge < -0.3 is 10.1 Å². The molecule has 21 heavy (non-hydrogen) atoms. The molecule has 0 radical (unpaired) electrons. The van der Waals surface area contributed by atoms with Crippen LogP contribution in [-0.2, 0) is 0 Å². The highest BCUT2D eigenvalue weighted by Gasteiger charge is 2.17. The lowest BCUT2D eigenvalue weighted by molar-refractivity contribution is -0.385. The average molecular weight is 306 g/mol. The molecule has 0 amide bonds. The summed E-state index contributed by atoms with van der Waals surface area (Å²) >= 11 is 1.70. The van der Waals surface area contributed by atoms with Gasteiger partial charge in [-0.3, -0.25) is 10.1 Å². The van der Waals surface area contributed by atoms with E-state index in [4.69, 9.17) is 4.74 Å². The summed E-state index contributed by atoms with van der Waals surface area (Å²) in [6.45, 7) is 4.31. The molecule has 0 aliphatic heterocycles. The summed E-state index contributed by atoms with van der Waals surface area (Å²) in [4.78, 5) is 11.8. The lowest BCUT2D eigenvalue weighted by Gasteiger charge is -2.17. The average Bonchev–Trinajstić information content (AvgIpc) is 2.99. The first-order chi connectivity index (χ1) is 10.2. The first kappa shape index (κ1) is 15.3. The summed E-state index contributed by atoms with van der Waals surface area (Å²) in [7, 11) is 0. The molecular weight excluding hydrogens is 288 g/mol. The monoisotopic (exact) mass is 306 g/mol. The molecule has 5 nitrogen and oxygen atoms in total. The molecule has 0 fully saturated rings. The van der Waals surface area contributed by atoms with Crippen LogP contribution in [0.4, 0.5) is 11.4 Å². The lowest BCUT2D eigenvalue weighted by atomic mass is 10.1. The number of nitrogens with zero attached hydrogens (tertiary/aromatic N) is 1.